The van der Waals surface area contributed by atoms with Crippen LogP contribution in [0, 0.1) is 0 Å². The Hall–Kier alpha value is -3.24. The molecule has 0 saturated carbocycles. The van der Waals surface area contributed by atoms with E-state index in [0.717, 1.165) is 37.1 Å². The highest BCUT2D eigenvalue weighted by Gasteiger charge is 2.24. The fourth-order valence-electron chi connectivity index (χ4n) is 4.77. The smallest absolute Gasteiger partial charge is 0.352 e. The van der Waals surface area contributed by atoms with Crippen LogP contribution in [0.1, 0.15) is 31.2 Å². The van der Waals surface area contributed by atoms with Crippen LogP contribution in [0.2, 0.25) is 0 Å². The van der Waals surface area contributed by atoms with Crippen LogP contribution in [0.15, 0.2) is 45.3 Å². The van der Waals surface area contributed by atoms with Gasteiger partial charge in [-0.2, -0.15) is 0 Å². The molecule has 1 atom stereocenters. The zero-order chi connectivity index (χ0) is 22.5. The van der Waals surface area contributed by atoms with Gasteiger partial charge in [-0.25, -0.2) is 13.9 Å². The van der Waals surface area contributed by atoms with E-state index in [4.69, 9.17) is 4.74 Å². The quantitative estimate of drug-likeness (QED) is 0.451. The molecule has 2 fully saturated rings. The topological polar surface area (TPSA) is 90.8 Å². The third-order valence-electron chi connectivity index (χ3n) is 6.45. The molecule has 1 amide bonds. The molecule has 1 unspecified atom stereocenters. The summed E-state index contributed by atoms with van der Waals surface area (Å²) in [6.07, 6.45) is 3.27. The predicted molar refractivity (Wildman–Crippen MR) is 125 cm³/mol. The van der Waals surface area contributed by atoms with Crippen molar-refractivity contribution in [1.29, 1.82) is 0 Å². The first kappa shape index (κ1) is 20.4. The molecule has 0 N–H and O–H groups in total. The molecule has 170 valence electrons. The van der Waals surface area contributed by atoms with Crippen molar-refractivity contribution >= 4 is 38.9 Å². The van der Waals surface area contributed by atoms with Crippen LogP contribution in [-0.4, -0.2) is 43.9 Å². The molecule has 10 heteroatoms. The lowest BCUT2D eigenvalue weighted by Crippen LogP contribution is -2.29. The summed E-state index contributed by atoms with van der Waals surface area (Å²) in [6, 6.07) is 9.43. The van der Waals surface area contributed by atoms with Gasteiger partial charge in [-0.05, 0) is 48.4 Å². The molecule has 6 rings (SSSR count). The Morgan fingerprint density at radius 2 is 1.94 bits per heavy atom. The minimum atomic E-state index is -0.284. The fraction of sp³-hybridized carbons (Fsp3) is 0.391. The zero-order valence-corrected chi connectivity index (χ0v) is 18.8. The van der Waals surface area contributed by atoms with Gasteiger partial charge in [0.1, 0.15) is 4.70 Å². The molecule has 1 aromatic carbocycles. The Balaban J connectivity index is 1.39. The SMILES string of the molecule is O=C1CCCN1c1ccc(Cn2nc3n(CC4CCCO4)c(=O)c4sccc4n3c2=O)cc1. The van der Waals surface area contributed by atoms with Crippen molar-refractivity contribution in [3.05, 3.63) is 62.1 Å². The lowest BCUT2D eigenvalue weighted by molar-refractivity contribution is -0.117. The van der Waals surface area contributed by atoms with Gasteiger partial charge < -0.3 is 9.64 Å². The first-order chi connectivity index (χ1) is 16.1. The van der Waals surface area contributed by atoms with Crippen LogP contribution < -0.4 is 16.1 Å². The zero-order valence-electron chi connectivity index (χ0n) is 18.0. The molecule has 0 spiro atoms. The second-order valence-corrected chi connectivity index (χ2v) is 9.49. The van der Waals surface area contributed by atoms with E-state index in [0.29, 0.717) is 35.6 Å². The lowest BCUT2D eigenvalue weighted by Gasteiger charge is -2.15. The van der Waals surface area contributed by atoms with Gasteiger partial charge in [0.25, 0.3) is 5.56 Å². The largest absolute Gasteiger partial charge is 0.376 e. The molecule has 33 heavy (non-hydrogen) atoms. The maximum Gasteiger partial charge on any atom is 0.352 e. The third-order valence-corrected chi connectivity index (χ3v) is 7.34. The molecule has 4 aromatic rings. The van der Waals surface area contributed by atoms with E-state index in [9.17, 15) is 14.4 Å². The normalized spacial score (nSPS) is 18.8. The molecule has 0 aliphatic carbocycles. The first-order valence-corrected chi connectivity index (χ1v) is 12.1. The van der Waals surface area contributed by atoms with Crippen molar-refractivity contribution in [3.63, 3.8) is 0 Å². The molecular formula is C23H23N5O4S. The van der Waals surface area contributed by atoms with Gasteiger partial charge in [-0.15, -0.1) is 16.4 Å². The number of benzene rings is 1. The van der Waals surface area contributed by atoms with Gasteiger partial charge in [-0.3, -0.25) is 14.2 Å². The molecule has 2 aliphatic heterocycles. The van der Waals surface area contributed by atoms with E-state index in [1.807, 2.05) is 29.6 Å². The summed E-state index contributed by atoms with van der Waals surface area (Å²) in [5.74, 6) is 0.481. The number of hydrogen-bond donors (Lipinski definition) is 0. The molecule has 3 aromatic heterocycles. The highest BCUT2D eigenvalue weighted by Crippen LogP contribution is 2.22. The summed E-state index contributed by atoms with van der Waals surface area (Å²) >= 11 is 1.33. The lowest BCUT2D eigenvalue weighted by atomic mass is 10.2. The van der Waals surface area contributed by atoms with Crippen molar-refractivity contribution < 1.29 is 9.53 Å². The Morgan fingerprint density at radius 3 is 2.67 bits per heavy atom. The van der Waals surface area contributed by atoms with E-state index >= 15 is 0 Å². The average Bonchev–Trinajstić information content (AvgIpc) is 3.61. The maximum absolute atomic E-state index is 13.3. The van der Waals surface area contributed by atoms with E-state index in [1.165, 1.54) is 20.4 Å². The number of fused-ring (bicyclic) bond motifs is 3. The van der Waals surface area contributed by atoms with Crippen LogP contribution >= 0.6 is 11.3 Å². The Kier molecular flexibility index (Phi) is 4.92. The highest BCUT2D eigenvalue weighted by atomic mass is 32.1. The number of thiophene rings is 1. The van der Waals surface area contributed by atoms with Gasteiger partial charge >= 0.3 is 5.69 Å². The van der Waals surface area contributed by atoms with Crippen molar-refractivity contribution in [1.82, 2.24) is 18.7 Å². The Bertz CT molecular complexity index is 1470. The van der Waals surface area contributed by atoms with E-state index in [2.05, 4.69) is 5.10 Å². The van der Waals surface area contributed by atoms with Gasteiger partial charge in [0.05, 0.1) is 24.7 Å². The van der Waals surface area contributed by atoms with Crippen molar-refractivity contribution in [3.8, 4) is 0 Å². The van der Waals surface area contributed by atoms with Crippen LogP contribution in [-0.2, 0) is 22.6 Å². The number of carbonyl (C=O) groups excluding carboxylic acids is 1. The highest BCUT2D eigenvalue weighted by molar-refractivity contribution is 7.17. The van der Waals surface area contributed by atoms with Crippen molar-refractivity contribution in [2.75, 3.05) is 18.1 Å². The molecule has 9 nitrogen and oxygen atoms in total. The van der Waals surface area contributed by atoms with E-state index in [-0.39, 0.29) is 29.8 Å². The average molecular weight is 466 g/mol. The second kappa shape index (κ2) is 7.96. The number of carbonyl (C=O) groups is 1. The van der Waals surface area contributed by atoms with Crippen LogP contribution in [0.25, 0.3) is 16.0 Å². The fourth-order valence-corrected chi connectivity index (χ4v) is 5.59. The standard InChI is InChI=1S/C23H23N5O4S/c29-19-4-1-10-25(19)16-7-5-15(6-8-16)13-27-23(31)28-18-9-12-33-20(18)21(30)26(22(28)24-27)14-17-3-2-11-32-17/h5-9,12,17H,1-4,10-11,13-14H2. The number of rotatable bonds is 5. The summed E-state index contributed by atoms with van der Waals surface area (Å²) in [4.78, 5) is 40.3. The van der Waals surface area contributed by atoms with E-state index < -0.39 is 0 Å². The van der Waals surface area contributed by atoms with Gasteiger partial charge in [0.15, 0.2) is 0 Å². The van der Waals surface area contributed by atoms with Gasteiger partial charge in [0, 0.05) is 25.3 Å². The monoisotopic (exact) mass is 465 g/mol. The summed E-state index contributed by atoms with van der Waals surface area (Å²) in [5.41, 5.74) is 1.93. The summed E-state index contributed by atoms with van der Waals surface area (Å²) in [7, 11) is 0. The summed E-state index contributed by atoms with van der Waals surface area (Å²) < 4.78 is 10.8. The molecule has 5 heterocycles. The van der Waals surface area contributed by atoms with E-state index in [1.54, 1.807) is 15.5 Å². The molecule has 0 bridgehead atoms. The predicted octanol–water partition coefficient (Wildman–Crippen LogP) is 2.23. The third kappa shape index (κ3) is 3.41. The summed E-state index contributed by atoms with van der Waals surface area (Å²) in [5, 5.41) is 6.39. The first-order valence-electron chi connectivity index (χ1n) is 11.2. The van der Waals surface area contributed by atoms with Crippen molar-refractivity contribution in [2.45, 2.75) is 44.9 Å². The summed E-state index contributed by atoms with van der Waals surface area (Å²) in [6.45, 7) is 2.08. The second-order valence-electron chi connectivity index (χ2n) is 8.58. The number of ether oxygens (including phenoxy) is 1. The Labute approximate surface area is 192 Å². The minimum absolute atomic E-state index is 0.0509. The number of hydrogen-bond acceptors (Lipinski definition) is 6. The molecule has 2 saturated heterocycles. The van der Waals surface area contributed by atoms with Crippen molar-refractivity contribution in [2.24, 2.45) is 0 Å². The van der Waals surface area contributed by atoms with Crippen LogP contribution in [0.3, 0.4) is 0 Å². The van der Waals surface area contributed by atoms with Gasteiger partial charge in [0.2, 0.25) is 11.7 Å². The molecule has 2 aliphatic rings. The molecule has 0 radical (unpaired) electrons. The number of anilines is 1. The maximum atomic E-state index is 13.3. The van der Waals surface area contributed by atoms with Crippen LogP contribution in [0.5, 0.6) is 0 Å². The minimum Gasteiger partial charge on any atom is -0.376 e. The number of aromatic nitrogens is 4. The number of nitrogens with zero attached hydrogens (tertiary/aromatic N) is 5. The molecular weight excluding hydrogens is 442 g/mol. The van der Waals surface area contributed by atoms with Gasteiger partial charge in [-0.1, -0.05) is 12.1 Å². The number of amides is 1. The Morgan fingerprint density at radius 1 is 1.09 bits per heavy atom. The van der Waals surface area contributed by atoms with Crippen LogP contribution in [0.4, 0.5) is 5.69 Å².